The first-order chi connectivity index (χ1) is 15.7. The highest BCUT2D eigenvalue weighted by Gasteiger charge is 2.34. The van der Waals surface area contributed by atoms with Crippen molar-refractivity contribution in [3.05, 3.63) is 94.0 Å². The Balaban J connectivity index is 2.08. The second-order valence-corrected chi connectivity index (χ2v) is 7.22. The predicted octanol–water partition coefficient (Wildman–Crippen LogP) is 4.62. The van der Waals surface area contributed by atoms with Gasteiger partial charge in [-0.05, 0) is 23.3 Å². The number of alkyl halides is 3. The summed E-state index contributed by atoms with van der Waals surface area (Å²) in [6.45, 7) is 0.0108. The van der Waals surface area contributed by atoms with Crippen molar-refractivity contribution in [2.24, 2.45) is 0 Å². The van der Waals surface area contributed by atoms with E-state index in [0.717, 1.165) is 19.2 Å². The normalized spacial score (nSPS) is 11.5. The Labute approximate surface area is 185 Å². The lowest BCUT2D eigenvalue weighted by Gasteiger charge is -2.17. The number of nitrogens with zero attached hydrogens (tertiary/aromatic N) is 2. The lowest BCUT2D eigenvalue weighted by molar-refractivity contribution is -0.137. The van der Waals surface area contributed by atoms with Crippen molar-refractivity contribution >= 4 is 16.9 Å². The number of carbonyl (C=O) groups is 1. The summed E-state index contributed by atoms with van der Waals surface area (Å²) in [5.41, 5.74) is -1.85. The van der Waals surface area contributed by atoms with Gasteiger partial charge in [0.15, 0.2) is 11.4 Å². The molecule has 0 amide bonds. The first-order valence-electron chi connectivity index (χ1n) is 9.76. The van der Waals surface area contributed by atoms with Gasteiger partial charge >= 0.3 is 12.1 Å². The van der Waals surface area contributed by atoms with E-state index in [4.69, 9.17) is 0 Å². The molecule has 0 saturated heterocycles. The van der Waals surface area contributed by atoms with Gasteiger partial charge in [-0.3, -0.25) is 4.79 Å². The number of fused-ring (bicyclic) bond motifs is 1. The van der Waals surface area contributed by atoms with Crippen molar-refractivity contribution in [3.63, 3.8) is 0 Å². The number of pyridine rings is 2. The number of methoxy groups -OCH3 is 1. The van der Waals surface area contributed by atoms with Crippen LogP contribution in [-0.4, -0.2) is 27.7 Å². The number of hydrogen-bond donors (Lipinski definition) is 1. The molecule has 0 aliphatic heterocycles. The molecule has 1 N–H and O–H groups in total. The third kappa shape index (κ3) is 4.05. The Morgan fingerprint density at radius 2 is 1.73 bits per heavy atom. The van der Waals surface area contributed by atoms with Crippen LogP contribution in [-0.2, 0) is 17.5 Å². The van der Waals surface area contributed by atoms with E-state index in [-0.39, 0.29) is 28.6 Å². The first-order valence-corrected chi connectivity index (χ1v) is 9.76. The van der Waals surface area contributed by atoms with Crippen LogP contribution in [0.3, 0.4) is 0 Å². The van der Waals surface area contributed by atoms with Crippen molar-refractivity contribution in [1.29, 1.82) is 0 Å². The van der Waals surface area contributed by atoms with E-state index >= 15 is 0 Å². The van der Waals surface area contributed by atoms with E-state index in [1.165, 1.54) is 29.0 Å². The summed E-state index contributed by atoms with van der Waals surface area (Å²) in [5, 5.41) is 10.7. The van der Waals surface area contributed by atoms with E-state index < -0.39 is 34.7 Å². The van der Waals surface area contributed by atoms with Gasteiger partial charge in [-0.25, -0.2) is 9.78 Å². The maximum atomic E-state index is 13.7. The molecule has 2 heterocycles. The quantitative estimate of drug-likeness (QED) is 0.455. The topological polar surface area (TPSA) is 81.4 Å². The van der Waals surface area contributed by atoms with Crippen LogP contribution >= 0.6 is 0 Å². The van der Waals surface area contributed by atoms with Crippen molar-refractivity contribution in [2.75, 3.05) is 7.11 Å². The van der Waals surface area contributed by atoms with Crippen LogP contribution in [0.1, 0.15) is 21.6 Å². The highest BCUT2D eigenvalue weighted by molar-refractivity contribution is 5.99. The lowest BCUT2D eigenvalue weighted by atomic mass is 9.98. The molecule has 4 aromatic rings. The van der Waals surface area contributed by atoms with Gasteiger partial charge in [-0.1, -0.05) is 48.5 Å². The summed E-state index contributed by atoms with van der Waals surface area (Å²) in [4.78, 5) is 29.4. The van der Waals surface area contributed by atoms with Gasteiger partial charge < -0.3 is 14.4 Å². The zero-order chi connectivity index (χ0) is 23.8. The number of ether oxygens (including phenoxy) is 1. The number of esters is 1. The Morgan fingerprint density at radius 1 is 1.06 bits per heavy atom. The smallest absolute Gasteiger partial charge is 0.417 e. The molecule has 6 nitrogen and oxygen atoms in total. The van der Waals surface area contributed by atoms with E-state index in [9.17, 15) is 27.9 Å². The average molecular weight is 454 g/mol. The van der Waals surface area contributed by atoms with E-state index in [0.29, 0.717) is 5.56 Å². The molecule has 0 unspecified atom stereocenters. The van der Waals surface area contributed by atoms with Crippen molar-refractivity contribution in [1.82, 2.24) is 9.55 Å². The van der Waals surface area contributed by atoms with Gasteiger partial charge in [-0.15, -0.1) is 0 Å². The number of aromatic nitrogens is 2. The Bertz CT molecular complexity index is 1410. The molecular weight excluding hydrogens is 437 g/mol. The molecule has 0 bridgehead atoms. The molecule has 9 heteroatoms. The number of carbonyl (C=O) groups excluding carboxylic acids is 1. The molecule has 2 aromatic heterocycles. The third-order valence-corrected chi connectivity index (χ3v) is 5.21. The second-order valence-electron chi connectivity index (χ2n) is 7.22. The largest absolute Gasteiger partial charge is 0.505 e. The number of benzene rings is 2. The van der Waals surface area contributed by atoms with Gasteiger partial charge in [0, 0.05) is 10.9 Å². The molecule has 0 spiro atoms. The molecule has 4 rings (SSSR count). The standard InChI is InChI=1S/C24H17F3N2O4/c1-33-23(32)20-21(30)17-11-16(15-9-5-6-10-18(15)24(25,26)27)22(31)29(19(17)12-28-20)13-14-7-3-2-4-8-14/h2-12,30H,13H2,1H3. The molecular formula is C24H17F3N2O4. The minimum atomic E-state index is -4.71. The van der Waals surface area contributed by atoms with Crippen molar-refractivity contribution < 1.29 is 27.8 Å². The molecule has 33 heavy (non-hydrogen) atoms. The summed E-state index contributed by atoms with van der Waals surface area (Å²) < 4.78 is 46.9. The first kappa shape index (κ1) is 22.1. The van der Waals surface area contributed by atoms with Crippen molar-refractivity contribution in [3.8, 4) is 16.9 Å². The van der Waals surface area contributed by atoms with Gasteiger partial charge in [-0.2, -0.15) is 13.2 Å². The monoisotopic (exact) mass is 454 g/mol. The molecule has 0 aliphatic carbocycles. The summed E-state index contributed by atoms with van der Waals surface area (Å²) in [7, 11) is 1.11. The third-order valence-electron chi connectivity index (χ3n) is 5.21. The Kier molecular flexibility index (Phi) is 5.63. The minimum absolute atomic E-state index is 0.00657. The van der Waals surface area contributed by atoms with Crippen LogP contribution in [0.15, 0.2) is 71.7 Å². The maximum Gasteiger partial charge on any atom is 0.417 e. The van der Waals surface area contributed by atoms with Crippen molar-refractivity contribution in [2.45, 2.75) is 12.7 Å². The summed E-state index contributed by atoms with van der Waals surface area (Å²) in [5.74, 6) is -1.51. The fraction of sp³-hybridized carbons (Fsp3) is 0.125. The molecule has 0 radical (unpaired) electrons. The molecule has 0 atom stereocenters. The lowest BCUT2D eigenvalue weighted by Crippen LogP contribution is -2.24. The Morgan fingerprint density at radius 3 is 2.39 bits per heavy atom. The van der Waals surface area contributed by atoms with Gasteiger partial charge in [0.25, 0.3) is 5.56 Å². The molecule has 0 saturated carbocycles. The Hall–Kier alpha value is -4.14. The zero-order valence-electron chi connectivity index (χ0n) is 17.3. The van der Waals surface area contributed by atoms with E-state index in [1.54, 1.807) is 30.3 Å². The van der Waals surface area contributed by atoms with Crippen LogP contribution < -0.4 is 5.56 Å². The SMILES string of the molecule is COC(=O)c1ncc2c(cc(-c3ccccc3C(F)(F)F)c(=O)n2Cc2ccccc2)c1O. The van der Waals surface area contributed by atoms with Crippen LogP contribution in [0.2, 0.25) is 0 Å². The minimum Gasteiger partial charge on any atom is -0.505 e. The number of rotatable bonds is 4. The number of aromatic hydroxyl groups is 1. The van der Waals surface area contributed by atoms with E-state index in [2.05, 4.69) is 9.72 Å². The molecule has 168 valence electrons. The van der Waals surface area contributed by atoms with Gasteiger partial charge in [0.05, 0.1) is 30.9 Å². The van der Waals surface area contributed by atoms with Gasteiger partial charge in [0.2, 0.25) is 0 Å². The molecule has 2 aromatic carbocycles. The number of hydrogen-bond acceptors (Lipinski definition) is 5. The van der Waals surface area contributed by atoms with Crippen LogP contribution in [0, 0.1) is 0 Å². The fourth-order valence-corrected chi connectivity index (χ4v) is 3.65. The van der Waals surface area contributed by atoms with Crippen LogP contribution in [0.25, 0.3) is 22.0 Å². The van der Waals surface area contributed by atoms with Crippen LogP contribution in [0.5, 0.6) is 5.75 Å². The van der Waals surface area contributed by atoms with Crippen LogP contribution in [0.4, 0.5) is 13.2 Å². The summed E-state index contributed by atoms with van der Waals surface area (Å²) in [6.07, 6.45) is -3.50. The maximum absolute atomic E-state index is 13.7. The number of halogens is 3. The summed E-state index contributed by atoms with van der Waals surface area (Å²) >= 11 is 0. The highest BCUT2D eigenvalue weighted by atomic mass is 19.4. The zero-order valence-corrected chi connectivity index (χ0v) is 17.3. The average Bonchev–Trinajstić information content (AvgIpc) is 2.80. The summed E-state index contributed by atoms with van der Waals surface area (Å²) in [6, 6.07) is 14.7. The van der Waals surface area contributed by atoms with Gasteiger partial charge in [0.1, 0.15) is 0 Å². The fourth-order valence-electron chi connectivity index (χ4n) is 3.65. The highest BCUT2D eigenvalue weighted by Crippen LogP contribution is 2.37. The predicted molar refractivity (Wildman–Crippen MR) is 115 cm³/mol. The second kappa shape index (κ2) is 8.42. The molecule has 0 fully saturated rings. The van der Waals surface area contributed by atoms with E-state index in [1.807, 2.05) is 0 Å². The molecule has 0 aliphatic rings.